The lowest BCUT2D eigenvalue weighted by Crippen LogP contribution is -2.27. The SMILES string of the molecule is [N-]=[N+]=NCCOCCOC1CCc2cc3ccc(OCCOCCOCCN)cc3cc2O1. The van der Waals surface area contributed by atoms with Gasteiger partial charge in [0, 0.05) is 24.4 Å². The van der Waals surface area contributed by atoms with Crippen molar-refractivity contribution in [2.24, 2.45) is 10.8 Å². The van der Waals surface area contributed by atoms with E-state index in [1.165, 1.54) is 5.56 Å². The molecule has 10 nitrogen and oxygen atoms in total. The first kappa shape index (κ1) is 25.0. The van der Waals surface area contributed by atoms with Gasteiger partial charge in [-0.1, -0.05) is 11.2 Å². The number of aryl methyl sites for hydroxylation is 1. The van der Waals surface area contributed by atoms with Gasteiger partial charge in [-0.05, 0) is 52.6 Å². The second kappa shape index (κ2) is 14.5. The lowest BCUT2D eigenvalue weighted by Gasteiger charge is -2.26. The molecule has 2 aromatic carbocycles. The van der Waals surface area contributed by atoms with E-state index in [0.717, 1.165) is 35.1 Å². The number of nitrogens with zero attached hydrogens (tertiary/aromatic N) is 3. The van der Waals surface area contributed by atoms with Crippen molar-refractivity contribution in [2.75, 3.05) is 65.9 Å². The Bertz CT molecular complexity index is 906. The molecule has 0 aliphatic carbocycles. The van der Waals surface area contributed by atoms with Gasteiger partial charge in [-0.15, -0.1) is 0 Å². The van der Waals surface area contributed by atoms with E-state index in [0.29, 0.717) is 65.9 Å². The summed E-state index contributed by atoms with van der Waals surface area (Å²) in [4.78, 5) is 2.68. The number of benzene rings is 2. The van der Waals surface area contributed by atoms with Crippen molar-refractivity contribution in [1.82, 2.24) is 0 Å². The minimum absolute atomic E-state index is 0.305. The highest BCUT2D eigenvalue weighted by molar-refractivity contribution is 5.86. The minimum atomic E-state index is -0.305. The second-order valence-corrected chi connectivity index (χ2v) is 7.35. The molecule has 0 saturated heterocycles. The topological polar surface area (TPSA) is 130 Å². The fraction of sp³-hybridized carbons (Fsp3) is 0.565. The molecule has 1 atom stereocenters. The van der Waals surface area contributed by atoms with Crippen LogP contribution in [0.15, 0.2) is 35.4 Å². The highest BCUT2D eigenvalue weighted by Gasteiger charge is 2.20. The van der Waals surface area contributed by atoms with Crippen molar-refractivity contribution in [3.63, 3.8) is 0 Å². The normalized spacial score (nSPS) is 15.0. The van der Waals surface area contributed by atoms with Crippen molar-refractivity contribution < 1.29 is 28.4 Å². The molecule has 2 aromatic rings. The van der Waals surface area contributed by atoms with Crippen LogP contribution in [0.4, 0.5) is 0 Å². The summed E-state index contributed by atoms with van der Waals surface area (Å²) < 4.78 is 33.8. The van der Waals surface area contributed by atoms with Crippen LogP contribution in [-0.4, -0.2) is 72.2 Å². The largest absolute Gasteiger partial charge is 0.491 e. The van der Waals surface area contributed by atoms with Crippen LogP contribution in [0.2, 0.25) is 0 Å². The molecule has 3 rings (SSSR count). The number of nitrogens with two attached hydrogens (primary N) is 1. The van der Waals surface area contributed by atoms with Gasteiger partial charge in [0.1, 0.15) is 18.1 Å². The molecule has 0 radical (unpaired) electrons. The Labute approximate surface area is 193 Å². The summed E-state index contributed by atoms with van der Waals surface area (Å²) in [7, 11) is 0. The average molecular weight is 461 g/mol. The monoisotopic (exact) mass is 460 g/mol. The Morgan fingerprint density at radius 1 is 0.939 bits per heavy atom. The molecular formula is C23H32N4O6. The van der Waals surface area contributed by atoms with E-state index >= 15 is 0 Å². The Balaban J connectivity index is 1.43. The Hall–Kier alpha value is -2.59. The van der Waals surface area contributed by atoms with Crippen LogP contribution in [-0.2, 0) is 25.4 Å². The van der Waals surface area contributed by atoms with E-state index < -0.39 is 0 Å². The van der Waals surface area contributed by atoms with Crippen LogP contribution in [0.3, 0.4) is 0 Å². The minimum Gasteiger partial charge on any atom is -0.491 e. The summed E-state index contributed by atoms with van der Waals surface area (Å²) in [6.45, 7) is 4.63. The standard InChI is InChI=1S/C23H32N4O6/c24-5-7-28-9-10-30-11-13-31-21-3-1-18-15-19-2-4-23(33-22(19)17-20(18)16-21)32-14-12-29-8-6-26-27-25/h1,3,15-17,23H,2,4-14,24H2. The number of ether oxygens (including phenoxy) is 6. The third kappa shape index (κ3) is 8.70. The zero-order valence-electron chi connectivity index (χ0n) is 18.8. The highest BCUT2D eigenvalue weighted by atomic mass is 16.7. The molecule has 2 N–H and O–H groups in total. The summed E-state index contributed by atoms with van der Waals surface area (Å²) in [6.07, 6.45) is 1.37. The average Bonchev–Trinajstić information content (AvgIpc) is 2.83. The molecule has 0 spiro atoms. The molecule has 10 heteroatoms. The maximum atomic E-state index is 8.23. The van der Waals surface area contributed by atoms with Crippen LogP contribution < -0.4 is 15.2 Å². The van der Waals surface area contributed by atoms with Crippen molar-refractivity contribution in [3.8, 4) is 11.5 Å². The van der Waals surface area contributed by atoms with Gasteiger partial charge in [0.15, 0.2) is 6.29 Å². The molecule has 1 aliphatic rings. The van der Waals surface area contributed by atoms with Gasteiger partial charge in [-0.25, -0.2) is 0 Å². The van der Waals surface area contributed by atoms with Gasteiger partial charge in [0.2, 0.25) is 0 Å². The number of azide groups is 1. The molecule has 1 aliphatic heterocycles. The Morgan fingerprint density at radius 2 is 1.73 bits per heavy atom. The number of fused-ring (bicyclic) bond motifs is 2. The molecule has 0 bridgehead atoms. The lowest BCUT2D eigenvalue weighted by atomic mass is 10.0. The number of hydrogen-bond acceptors (Lipinski definition) is 8. The van der Waals surface area contributed by atoms with Gasteiger partial charge in [-0.2, -0.15) is 0 Å². The first-order chi connectivity index (χ1) is 16.3. The van der Waals surface area contributed by atoms with E-state index in [-0.39, 0.29) is 6.29 Å². The van der Waals surface area contributed by atoms with Crippen molar-refractivity contribution >= 4 is 10.8 Å². The predicted octanol–water partition coefficient (Wildman–Crippen LogP) is 3.21. The van der Waals surface area contributed by atoms with Crippen LogP contribution in [0.25, 0.3) is 21.2 Å². The lowest BCUT2D eigenvalue weighted by molar-refractivity contribution is -0.104. The summed E-state index contributed by atoms with van der Waals surface area (Å²) in [5.74, 6) is 1.62. The molecule has 0 aromatic heterocycles. The third-order valence-corrected chi connectivity index (χ3v) is 4.96. The maximum Gasteiger partial charge on any atom is 0.200 e. The Kier molecular flexibility index (Phi) is 11.0. The molecule has 1 heterocycles. The quantitative estimate of drug-likeness (QED) is 0.176. The molecule has 1 unspecified atom stereocenters. The van der Waals surface area contributed by atoms with Crippen molar-refractivity contribution in [2.45, 2.75) is 19.1 Å². The van der Waals surface area contributed by atoms with Gasteiger partial charge in [-0.3, -0.25) is 0 Å². The van der Waals surface area contributed by atoms with Crippen LogP contribution >= 0.6 is 0 Å². The molecule has 0 amide bonds. The molecule has 0 saturated carbocycles. The van der Waals surface area contributed by atoms with Crippen molar-refractivity contribution in [1.29, 1.82) is 0 Å². The summed E-state index contributed by atoms with van der Waals surface area (Å²) in [5.41, 5.74) is 14.8. The van der Waals surface area contributed by atoms with Crippen LogP contribution in [0.5, 0.6) is 11.5 Å². The van der Waals surface area contributed by atoms with E-state index in [1.807, 2.05) is 18.2 Å². The number of rotatable bonds is 16. The summed E-state index contributed by atoms with van der Waals surface area (Å²) in [6, 6.07) is 10.2. The molecule has 33 heavy (non-hydrogen) atoms. The smallest absolute Gasteiger partial charge is 0.200 e. The molecule has 0 fully saturated rings. The number of hydrogen-bond donors (Lipinski definition) is 1. The fourth-order valence-electron chi connectivity index (χ4n) is 3.40. The molecular weight excluding hydrogens is 428 g/mol. The third-order valence-electron chi connectivity index (χ3n) is 4.96. The van der Waals surface area contributed by atoms with Crippen molar-refractivity contribution in [3.05, 3.63) is 46.3 Å². The first-order valence-electron chi connectivity index (χ1n) is 11.2. The highest BCUT2D eigenvalue weighted by Crippen LogP contribution is 2.33. The van der Waals surface area contributed by atoms with E-state index in [2.05, 4.69) is 22.2 Å². The zero-order valence-corrected chi connectivity index (χ0v) is 18.8. The fourth-order valence-corrected chi connectivity index (χ4v) is 3.40. The van der Waals surface area contributed by atoms with E-state index in [9.17, 15) is 0 Å². The van der Waals surface area contributed by atoms with Crippen LogP contribution in [0, 0.1) is 0 Å². The van der Waals surface area contributed by atoms with Gasteiger partial charge in [0.05, 0.1) is 46.2 Å². The summed E-state index contributed by atoms with van der Waals surface area (Å²) >= 11 is 0. The predicted molar refractivity (Wildman–Crippen MR) is 124 cm³/mol. The van der Waals surface area contributed by atoms with E-state index in [1.54, 1.807) is 0 Å². The van der Waals surface area contributed by atoms with Crippen LogP contribution in [0.1, 0.15) is 12.0 Å². The van der Waals surface area contributed by atoms with Gasteiger partial charge >= 0.3 is 0 Å². The Morgan fingerprint density at radius 3 is 2.58 bits per heavy atom. The molecule has 180 valence electrons. The maximum absolute atomic E-state index is 8.23. The van der Waals surface area contributed by atoms with Gasteiger partial charge in [0.25, 0.3) is 0 Å². The zero-order chi connectivity index (χ0) is 23.1. The second-order valence-electron chi connectivity index (χ2n) is 7.35. The van der Waals surface area contributed by atoms with E-state index in [4.69, 9.17) is 39.7 Å². The first-order valence-corrected chi connectivity index (χ1v) is 11.2. The van der Waals surface area contributed by atoms with Gasteiger partial charge < -0.3 is 34.2 Å². The summed E-state index contributed by atoms with van der Waals surface area (Å²) in [5, 5.41) is 5.61.